The van der Waals surface area contributed by atoms with Crippen LogP contribution in [0, 0.1) is 0 Å². The van der Waals surface area contributed by atoms with Crippen LogP contribution in [0.1, 0.15) is 25.0 Å². The van der Waals surface area contributed by atoms with Gasteiger partial charge in [0.05, 0.1) is 0 Å². The smallest absolute Gasteiger partial charge is 0.138 e. The van der Waals surface area contributed by atoms with E-state index >= 15 is 0 Å². The van der Waals surface area contributed by atoms with Crippen LogP contribution in [-0.2, 0) is 12.8 Å². The highest BCUT2D eigenvalue weighted by Crippen LogP contribution is 2.40. The first-order valence-electron chi connectivity index (χ1n) is 19.0. The van der Waals surface area contributed by atoms with Gasteiger partial charge in [0.15, 0.2) is 0 Å². The molecular formula is C52H41NO. The third-order valence-electron chi connectivity index (χ3n) is 10.7. The fourth-order valence-corrected chi connectivity index (χ4v) is 7.83. The molecule has 54 heavy (non-hydrogen) atoms. The lowest BCUT2D eigenvalue weighted by molar-refractivity contribution is 0.626. The van der Waals surface area contributed by atoms with E-state index in [0.29, 0.717) is 0 Å². The zero-order valence-corrected chi connectivity index (χ0v) is 30.7. The van der Waals surface area contributed by atoms with Gasteiger partial charge in [0.2, 0.25) is 0 Å². The lowest BCUT2D eigenvalue weighted by atomic mass is 9.93. The Morgan fingerprint density at radius 2 is 0.963 bits per heavy atom. The first-order valence-corrected chi connectivity index (χ1v) is 19.0. The fourth-order valence-electron chi connectivity index (χ4n) is 7.83. The summed E-state index contributed by atoms with van der Waals surface area (Å²) in [4.78, 5) is 2.35. The van der Waals surface area contributed by atoms with Crippen molar-refractivity contribution in [3.63, 3.8) is 0 Å². The average Bonchev–Trinajstić information content (AvgIpc) is 3.63. The van der Waals surface area contributed by atoms with Gasteiger partial charge < -0.3 is 9.32 Å². The monoisotopic (exact) mass is 695 g/mol. The molecule has 0 spiro atoms. The Labute approximate surface area is 317 Å². The second-order valence-electron chi connectivity index (χ2n) is 13.9. The van der Waals surface area contributed by atoms with Crippen LogP contribution < -0.4 is 4.90 Å². The fraction of sp³-hybridized carbons (Fsp3) is 0.0769. The van der Waals surface area contributed by atoms with Gasteiger partial charge in [-0.25, -0.2) is 0 Å². The maximum absolute atomic E-state index is 6.46. The standard InChI is InChI=1S/C52H41NO/c1-3-36-33-44(26-32-49(36)52-48(4-2)50-19-10-11-20-51(50)54-52)42-18-12-17-41(34-42)40-23-29-46(30-24-40)53(47-31-25-38-15-8-9-16-43(38)35-47)45-27-21-39(22-28-45)37-13-6-5-7-14-37/h5-35H,3-4H2,1-2H3. The molecule has 0 aliphatic rings. The Kier molecular flexibility index (Phi) is 8.86. The van der Waals surface area contributed by atoms with Crippen LogP contribution in [0.4, 0.5) is 17.1 Å². The van der Waals surface area contributed by atoms with E-state index in [-0.39, 0.29) is 0 Å². The number of rotatable bonds is 9. The van der Waals surface area contributed by atoms with Crippen molar-refractivity contribution < 1.29 is 4.42 Å². The summed E-state index contributed by atoms with van der Waals surface area (Å²) in [7, 11) is 0. The van der Waals surface area contributed by atoms with Crippen molar-refractivity contribution in [1.82, 2.24) is 0 Å². The lowest BCUT2D eigenvalue weighted by Gasteiger charge is -2.26. The van der Waals surface area contributed by atoms with E-state index in [9.17, 15) is 0 Å². The Balaban J connectivity index is 1.05. The summed E-state index contributed by atoms with van der Waals surface area (Å²) in [6.07, 6.45) is 1.85. The Morgan fingerprint density at radius 3 is 1.69 bits per heavy atom. The zero-order valence-electron chi connectivity index (χ0n) is 30.7. The summed E-state index contributed by atoms with van der Waals surface area (Å²) in [6.45, 7) is 4.44. The summed E-state index contributed by atoms with van der Waals surface area (Å²) >= 11 is 0. The third-order valence-corrected chi connectivity index (χ3v) is 10.7. The molecule has 0 aliphatic carbocycles. The normalized spacial score (nSPS) is 11.3. The first kappa shape index (κ1) is 33.2. The van der Waals surface area contributed by atoms with Gasteiger partial charge in [0.25, 0.3) is 0 Å². The van der Waals surface area contributed by atoms with E-state index < -0.39 is 0 Å². The molecule has 1 aromatic heterocycles. The molecule has 9 aromatic rings. The van der Waals surface area contributed by atoms with Crippen LogP contribution in [-0.4, -0.2) is 0 Å². The summed E-state index contributed by atoms with van der Waals surface area (Å²) in [5.41, 5.74) is 15.3. The number of fused-ring (bicyclic) bond motifs is 2. The van der Waals surface area contributed by atoms with E-state index in [4.69, 9.17) is 4.42 Å². The molecule has 8 aromatic carbocycles. The molecule has 0 aliphatic heterocycles. The van der Waals surface area contributed by atoms with E-state index in [2.05, 4.69) is 201 Å². The summed E-state index contributed by atoms with van der Waals surface area (Å²) in [5, 5.41) is 3.66. The van der Waals surface area contributed by atoms with Gasteiger partial charge in [-0.1, -0.05) is 153 Å². The van der Waals surface area contributed by atoms with E-state index in [0.717, 1.165) is 41.2 Å². The predicted octanol–water partition coefficient (Wildman–Crippen LogP) is 14.8. The van der Waals surface area contributed by atoms with Crippen molar-refractivity contribution in [2.75, 3.05) is 4.90 Å². The number of para-hydroxylation sites is 1. The SMILES string of the molecule is CCc1cc(-c2cccc(-c3ccc(N(c4ccc(-c5ccccc5)cc4)c4ccc5ccccc5c4)cc3)c2)ccc1-c1oc2ccccc2c1CC. The number of benzene rings is 8. The Bertz CT molecular complexity index is 2720. The molecule has 0 saturated carbocycles. The maximum Gasteiger partial charge on any atom is 0.138 e. The molecule has 2 heteroatoms. The Morgan fingerprint density at radius 1 is 0.407 bits per heavy atom. The van der Waals surface area contributed by atoms with Crippen molar-refractivity contribution >= 4 is 38.8 Å². The lowest BCUT2D eigenvalue weighted by Crippen LogP contribution is -2.09. The number of anilines is 3. The van der Waals surface area contributed by atoms with Crippen LogP contribution in [0.5, 0.6) is 0 Å². The first-order chi connectivity index (χ1) is 26.7. The maximum atomic E-state index is 6.46. The van der Waals surface area contributed by atoms with Crippen molar-refractivity contribution in [2.45, 2.75) is 26.7 Å². The largest absolute Gasteiger partial charge is 0.456 e. The topological polar surface area (TPSA) is 16.4 Å². The minimum Gasteiger partial charge on any atom is -0.456 e. The molecule has 260 valence electrons. The van der Waals surface area contributed by atoms with Crippen molar-refractivity contribution in [3.05, 3.63) is 199 Å². The number of furan rings is 1. The van der Waals surface area contributed by atoms with Gasteiger partial charge in [0.1, 0.15) is 11.3 Å². The predicted molar refractivity (Wildman–Crippen MR) is 229 cm³/mol. The van der Waals surface area contributed by atoms with Crippen LogP contribution in [0.2, 0.25) is 0 Å². The van der Waals surface area contributed by atoms with Crippen molar-refractivity contribution in [1.29, 1.82) is 0 Å². The second kappa shape index (κ2) is 14.4. The van der Waals surface area contributed by atoms with Crippen molar-refractivity contribution in [3.8, 4) is 44.7 Å². The van der Waals surface area contributed by atoms with Crippen LogP contribution in [0.3, 0.4) is 0 Å². The quantitative estimate of drug-likeness (QED) is 0.149. The zero-order chi connectivity index (χ0) is 36.4. The second-order valence-corrected chi connectivity index (χ2v) is 13.9. The molecule has 2 nitrogen and oxygen atoms in total. The average molecular weight is 696 g/mol. The minimum absolute atomic E-state index is 0.924. The van der Waals surface area contributed by atoms with Gasteiger partial charge >= 0.3 is 0 Å². The van der Waals surface area contributed by atoms with E-state index in [1.165, 1.54) is 66.2 Å². The minimum atomic E-state index is 0.924. The molecule has 0 atom stereocenters. The van der Waals surface area contributed by atoms with Gasteiger partial charge in [0, 0.05) is 33.6 Å². The summed E-state index contributed by atoms with van der Waals surface area (Å²) in [5.74, 6) is 1.00. The molecule has 0 N–H and O–H groups in total. The molecule has 0 unspecified atom stereocenters. The van der Waals surface area contributed by atoms with Crippen molar-refractivity contribution in [2.24, 2.45) is 0 Å². The molecular weight excluding hydrogens is 655 g/mol. The molecule has 1 heterocycles. The molecule has 0 saturated heterocycles. The van der Waals surface area contributed by atoms with E-state index in [1.54, 1.807) is 0 Å². The summed E-state index contributed by atoms with van der Waals surface area (Å²) < 4.78 is 6.46. The highest BCUT2D eigenvalue weighted by molar-refractivity contribution is 5.91. The number of hydrogen-bond donors (Lipinski definition) is 0. The molecule has 0 amide bonds. The molecule has 0 fully saturated rings. The molecule has 9 rings (SSSR count). The summed E-state index contributed by atoms with van der Waals surface area (Å²) in [6, 6.07) is 67.8. The van der Waals surface area contributed by atoms with Crippen LogP contribution in [0.25, 0.3) is 66.4 Å². The number of nitrogens with zero attached hydrogens (tertiary/aromatic N) is 1. The number of aryl methyl sites for hydroxylation is 2. The van der Waals surface area contributed by atoms with Crippen LogP contribution >= 0.6 is 0 Å². The third kappa shape index (κ3) is 6.27. The molecule has 0 bridgehead atoms. The molecule has 0 radical (unpaired) electrons. The Hall–Kier alpha value is -6.64. The van der Waals surface area contributed by atoms with Gasteiger partial charge in [-0.2, -0.15) is 0 Å². The van der Waals surface area contributed by atoms with Crippen LogP contribution in [0.15, 0.2) is 192 Å². The highest BCUT2D eigenvalue weighted by atomic mass is 16.3. The van der Waals surface area contributed by atoms with Gasteiger partial charge in [-0.05, 0) is 111 Å². The highest BCUT2D eigenvalue weighted by Gasteiger charge is 2.18. The van der Waals surface area contributed by atoms with Gasteiger partial charge in [-0.3, -0.25) is 0 Å². The van der Waals surface area contributed by atoms with Gasteiger partial charge in [-0.15, -0.1) is 0 Å². The van der Waals surface area contributed by atoms with E-state index in [1.807, 2.05) is 6.07 Å². The number of hydrogen-bond acceptors (Lipinski definition) is 2.